The standard InChI is InChI=1S/C17H14BN6O.C2H6/c1-10-2-4-11(5-3-10)24-16-12(6-7-13(18-25)23-16)22-17(24)14-15(19)21-9-8-20-14;1-2/h2-9,25H,1H3,(H2,19,21);1-2H3. The van der Waals surface area contributed by atoms with Crippen LogP contribution in [0.15, 0.2) is 48.8 Å². The van der Waals surface area contributed by atoms with Gasteiger partial charge in [-0.3, -0.25) is 4.57 Å². The fourth-order valence-corrected chi connectivity index (χ4v) is 2.66. The van der Waals surface area contributed by atoms with Crippen LogP contribution in [0, 0.1) is 6.92 Å². The molecule has 135 valence electrons. The van der Waals surface area contributed by atoms with E-state index in [1.807, 2.05) is 49.6 Å². The predicted molar refractivity (Wildman–Crippen MR) is 108 cm³/mol. The zero-order valence-corrected chi connectivity index (χ0v) is 15.5. The number of rotatable bonds is 3. The summed E-state index contributed by atoms with van der Waals surface area (Å²) >= 11 is 0. The molecule has 0 atom stereocenters. The molecule has 0 aliphatic rings. The molecule has 3 aromatic heterocycles. The molecule has 0 saturated heterocycles. The van der Waals surface area contributed by atoms with Crippen molar-refractivity contribution in [1.82, 2.24) is 24.5 Å². The molecule has 0 spiro atoms. The molecular weight excluding hydrogens is 339 g/mol. The highest BCUT2D eigenvalue weighted by Gasteiger charge is 2.19. The number of hydrogen-bond acceptors (Lipinski definition) is 6. The fourth-order valence-electron chi connectivity index (χ4n) is 2.66. The first-order chi connectivity index (χ1) is 13.2. The molecule has 1 radical (unpaired) electrons. The van der Waals surface area contributed by atoms with Gasteiger partial charge < -0.3 is 10.8 Å². The van der Waals surface area contributed by atoms with Crippen molar-refractivity contribution in [2.75, 3.05) is 5.73 Å². The Balaban J connectivity index is 0.00000102. The number of fused-ring (bicyclic) bond motifs is 1. The van der Waals surface area contributed by atoms with Crippen LogP contribution < -0.4 is 11.3 Å². The second kappa shape index (κ2) is 7.97. The number of aromatic nitrogens is 5. The van der Waals surface area contributed by atoms with E-state index in [1.54, 1.807) is 18.3 Å². The molecule has 0 saturated carbocycles. The van der Waals surface area contributed by atoms with Crippen LogP contribution in [-0.4, -0.2) is 37.0 Å². The zero-order chi connectivity index (χ0) is 19.4. The Bertz CT molecular complexity index is 1060. The second-order valence-electron chi connectivity index (χ2n) is 5.60. The van der Waals surface area contributed by atoms with E-state index in [4.69, 9.17) is 5.73 Å². The van der Waals surface area contributed by atoms with Crippen LogP contribution in [0.25, 0.3) is 28.4 Å². The molecule has 0 fully saturated rings. The first kappa shape index (κ1) is 18.5. The van der Waals surface area contributed by atoms with Crippen molar-refractivity contribution in [3.8, 4) is 17.2 Å². The molecule has 7 nitrogen and oxygen atoms in total. The third-order valence-electron chi connectivity index (χ3n) is 3.89. The van der Waals surface area contributed by atoms with Gasteiger partial charge in [0.15, 0.2) is 17.3 Å². The van der Waals surface area contributed by atoms with Crippen molar-refractivity contribution < 1.29 is 5.02 Å². The van der Waals surface area contributed by atoms with Crippen LogP contribution in [-0.2, 0) is 0 Å². The van der Waals surface area contributed by atoms with Gasteiger partial charge in [0.1, 0.15) is 11.2 Å². The largest absolute Gasteiger partial charge is 0.449 e. The third-order valence-corrected chi connectivity index (χ3v) is 3.89. The van der Waals surface area contributed by atoms with E-state index >= 15 is 0 Å². The summed E-state index contributed by atoms with van der Waals surface area (Å²) in [5.74, 6) is 0.840. The van der Waals surface area contributed by atoms with E-state index in [-0.39, 0.29) is 0 Å². The van der Waals surface area contributed by atoms with Crippen LogP contribution in [0.1, 0.15) is 19.4 Å². The maximum atomic E-state index is 9.30. The molecule has 27 heavy (non-hydrogen) atoms. The Morgan fingerprint density at radius 2 is 1.67 bits per heavy atom. The Labute approximate surface area is 158 Å². The molecule has 0 aliphatic heterocycles. The minimum Gasteiger partial charge on any atom is -0.449 e. The number of benzene rings is 1. The van der Waals surface area contributed by atoms with Crippen molar-refractivity contribution in [2.45, 2.75) is 20.8 Å². The van der Waals surface area contributed by atoms with E-state index in [9.17, 15) is 5.02 Å². The van der Waals surface area contributed by atoms with Crippen molar-refractivity contribution in [3.63, 3.8) is 0 Å². The van der Waals surface area contributed by atoms with Crippen molar-refractivity contribution in [1.29, 1.82) is 0 Å². The number of hydrogen-bond donors (Lipinski definition) is 2. The SMILES string of the molecule is CC.Cc1ccc(-n2c(-c3nccnc3N)nc3ccc([B]O)nc32)cc1. The van der Waals surface area contributed by atoms with Gasteiger partial charge in [-0.05, 0) is 31.2 Å². The molecule has 4 rings (SSSR count). The molecule has 3 heterocycles. The molecule has 1 aromatic carbocycles. The quantitative estimate of drug-likeness (QED) is 0.543. The van der Waals surface area contributed by atoms with Gasteiger partial charge in [-0.15, -0.1) is 0 Å². The molecule has 3 N–H and O–H groups in total. The molecule has 0 amide bonds. The minimum absolute atomic E-state index is 0.292. The van der Waals surface area contributed by atoms with E-state index in [0.717, 1.165) is 18.7 Å². The smallest absolute Gasteiger partial charge is 0.348 e. The summed E-state index contributed by atoms with van der Waals surface area (Å²) in [6, 6.07) is 11.5. The highest BCUT2D eigenvalue weighted by molar-refractivity contribution is 6.44. The Morgan fingerprint density at radius 3 is 2.33 bits per heavy atom. The van der Waals surface area contributed by atoms with Gasteiger partial charge in [0.25, 0.3) is 0 Å². The Kier molecular flexibility index (Phi) is 5.47. The van der Waals surface area contributed by atoms with Crippen LogP contribution in [0.2, 0.25) is 0 Å². The van der Waals surface area contributed by atoms with Gasteiger partial charge in [-0.2, -0.15) is 0 Å². The monoisotopic (exact) mass is 359 g/mol. The number of pyridine rings is 1. The van der Waals surface area contributed by atoms with Gasteiger partial charge in [0, 0.05) is 23.7 Å². The summed E-state index contributed by atoms with van der Waals surface area (Å²) in [4.78, 5) is 17.6. The number of imidazole rings is 1. The molecule has 0 bridgehead atoms. The summed E-state index contributed by atoms with van der Waals surface area (Å²) < 4.78 is 1.86. The highest BCUT2D eigenvalue weighted by atomic mass is 16.2. The van der Waals surface area contributed by atoms with Gasteiger partial charge in [-0.25, -0.2) is 19.9 Å². The lowest BCUT2D eigenvalue weighted by Gasteiger charge is -2.10. The van der Waals surface area contributed by atoms with Crippen molar-refractivity contribution in [2.24, 2.45) is 0 Å². The van der Waals surface area contributed by atoms with Crippen molar-refractivity contribution in [3.05, 3.63) is 54.4 Å². The van der Waals surface area contributed by atoms with E-state index in [0.29, 0.717) is 34.1 Å². The second-order valence-corrected chi connectivity index (χ2v) is 5.60. The Hall–Kier alpha value is -3.26. The van der Waals surface area contributed by atoms with Gasteiger partial charge >= 0.3 is 7.48 Å². The summed E-state index contributed by atoms with van der Waals surface area (Å²) in [6.07, 6.45) is 3.11. The van der Waals surface area contributed by atoms with Gasteiger partial charge in [-0.1, -0.05) is 31.5 Å². The van der Waals surface area contributed by atoms with Crippen LogP contribution in [0.3, 0.4) is 0 Å². The molecule has 0 aliphatic carbocycles. The fraction of sp³-hybridized carbons (Fsp3) is 0.158. The minimum atomic E-state index is 0.292. The summed E-state index contributed by atoms with van der Waals surface area (Å²) in [5.41, 5.74) is 10.2. The predicted octanol–water partition coefficient (Wildman–Crippen LogP) is 2.03. The van der Waals surface area contributed by atoms with E-state index in [1.165, 1.54) is 6.20 Å². The lowest BCUT2D eigenvalue weighted by molar-refractivity contribution is 0.614. The maximum absolute atomic E-state index is 9.30. The number of anilines is 1. The van der Waals surface area contributed by atoms with Crippen LogP contribution in [0.5, 0.6) is 0 Å². The summed E-state index contributed by atoms with van der Waals surface area (Å²) in [7, 11) is 0.961. The highest BCUT2D eigenvalue weighted by Crippen LogP contribution is 2.28. The number of nitrogens with zero attached hydrogens (tertiary/aromatic N) is 5. The topological polar surface area (TPSA) is 103 Å². The summed E-state index contributed by atoms with van der Waals surface area (Å²) in [5, 5.41) is 9.30. The lowest BCUT2D eigenvalue weighted by Crippen LogP contribution is -2.18. The first-order valence-electron chi connectivity index (χ1n) is 8.68. The first-order valence-corrected chi connectivity index (χ1v) is 8.68. The average molecular weight is 359 g/mol. The van der Waals surface area contributed by atoms with Crippen LogP contribution >= 0.6 is 0 Å². The zero-order valence-electron chi connectivity index (χ0n) is 15.5. The van der Waals surface area contributed by atoms with E-state index in [2.05, 4.69) is 19.9 Å². The molecule has 4 aromatic rings. The number of nitrogens with two attached hydrogens (primary N) is 1. The average Bonchev–Trinajstić information content (AvgIpc) is 3.08. The maximum Gasteiger partial charge on any atom is 0.348 e. The Morgan fingerprint density at radius 1 is 0.963 bits per heavy atom. The number of nitrogen functional groups attached to an aromatic ring is 1. The van der Waals surface area contributed by atoms with Crippen LogP contribution in [0.4, 0.5) is 5.82 Å². The molecular formula is C19H20BN6O. The normalized spacial score (nSPS) is 10.4. The molecule has 0 unspecified atom stereocenters. The van der Waals surface area contributed by atoms with Crippen molar-refractivity contribution >= 4 is 30.1 Å². The third kappa shape index (κ3) is 3.52. The number of aryl methyl sites for hydroxylation is 1. The van der Waals surface area contributed by atoms with E-state index < -0.39 is 0 Å². The summed E-state index contributed by atoms with van der Waals surface area (Å²) in [6.45, 7) is 6.02. The van der Waals surface area contributed by atoms with Gasteiger partial charge in [0.2, 0.25) is 0 Å². The molecule has 8 heteroatoms. The van der Waals surface area contributed by atoms with Gasteiger partial charge in [0.05, 0.1) is 0 Å². The lowest BCUT2D eigenvalue weighted by atomic mass is 9.95.